The number of unbranched alkanes of at least 4 members (excludes halogenated alkanes) is 10. The third-order valence-electron chi connectivity index (χ3n) is 3.42. The molecular formula is C19H34O4S. The monoisotopic (exact) mass is 358 g/mol. The quantitative estimate of drug-likeness (QED) is 0.145. The summed E-state index contributed by atoms with van der Waals surface area (Å²) in [7, 11) is 0. The minimum atomic E-state index is -0.529. The Morgan fingerprint density at radius 1 is 0.792 bits per heavy atom. The van der Waals surface area contributed by atoms with Crippen molar-refractivity contribution in [1.29, 1.82) is 0 Å². The Morgan fingerprint density at radius 2 is 1.21 bits per heavy atom. The molecule has 0 unspecified atom stereocenters. The van der Waals surface area contributed by atoms with Gasteiger partial charge in [0.15, 0.2) is 0 Å². The molecule has 0 amide bonds. The molecule has 0 spiro atoms. The standard InChI is InChI=1S/C16H30O2.C3H4O2S/c1-3-5-6-7-8-9-10-11-12-13-14-15-18-16(17)4-2;1-2-3(4)5-6/h4H,2-3,5-15H2,1H3;2,6H,1H2. The van der Waals surface area contributed by atoms with Crippen molar-refractivity contribution in [2.24, 2.45) is 0 Å². The predicted molar refractivity (Wildman–Crippen MR) is 103 cm³/mol. The van der Waals surface area contributed by atoms with Gasteiger partial charge < -0.3 is 8.92 Å². The molecule has 0 aliphatic rings. The Balaban J connectivity index is 0. The SMILES string of the molecule is C=CC(=O)OCCCCCCCCCCCCC.C=CC(=O)OS. The smallest absolute Gasteiger partial charge is 0.341 e. The second-order valence-electron chi connectivity index (χ2n) is 5.52. The van der Waals surface area contributed by atoms with Gasteiger partial charge in [0.1, 0.15) is 0 Å². The van der Waals surface area contributed by atoms with Gasteiger partial charge >= 0.3 is 11.9 Å². The van der Waals surface area contributed by atoms with Gasteiger partial charge in [0.25, 0.3) is 0 Å². The van der Waals surface area contributed by atoms with Crippen LogP contribution >= 0.6 is 12.9 Å². The number of carbonyl (C=O) groups excluding carboxylic acids is 2. The van der Waals surface area contributed by atoms with E-state index in [1.807, 2.05) is 0 Å². The van der Waals surface area contributed by atoms with Crippen LogP contribution in [-0.2, 0) is 18.5 Å². The summed E-state index contributed by atoms with van der Waals surface area (Å²) in [5, 5.41) is 0. The summed E-state index contributed by atoms with van der Waals surface area (Å²) in [6.07, 6.45) is 16.7. The maximum absolute atomic E-state index is 10.8. The van der Waals surface area contributed by atoms with Crippen LogP contribution in [0.1, 0.15) is 77.6 Å². The van der Waals surface area contributed by atoms with Gasteiger partial charge in [-0.05, 0) is 6.42 Å². The van der Waals surface area contributed by atoms with E-state index in [1.165, 1.54) is 70.3 Å². The Bertz CT molecular complexity index is 329. The van der Waals surface area contributed by atoms with Crippen molar-refractivity contribution in [2.45, 2.75) is 77.6 Å². The highest BCUT2D eigenvalue weighted by Gasteiger charge is 1.95. The van der Waals surface area contributed by atoms with Crippen LogP contribution in [0.15, 0.2) is 25.3 Å². The van der Waals surface area contributed by atoms with Gasteiger partial charge in [0, 0.05) is 25.1 Å². The summed E-state index contributed by atoms with van der Waals surface area (Å²) >= 11 is 3.17. The molecule has 0 saturated heterocycles. The van der Waals surface area contributed by atoms with Crippen molar-refractivity contribution in [3.63, 3.8) is 0 Å². The van der Waals surface area contributed by atoms with Crippen LogP contribution in [0.2, 0.25) is 0 Å². The van der Waals surface area contributed by atoms with Crippen LogP contribution in [0.4, 0.5) is 0 Å². The van der Waals surface area contributed by atoms with Crippen molar-refractivity contribution in [3.05, 3.63) is 25.3 Å². The minimum Gasteiger partial charge on any atom is -0.463 e. The fourth-order valence-corrected chi connectivity index (χ4v) is 2.11. The maximum Gasteiger partial charge on any atom is 0.341 e. The molecular weight excluding hydrogens is 324 g/mol. The second-order valence-corrected chi connectivity index (χ2v) is 5.70. The molecule has 5 heteroatoms. The molecule has 0 aliphatic heterocycles. The fraction of sp³-hybridized carbons (Fsp3) is 0.684. The predicted octanol–water partition coefficient (Wildman–Crippen LogP) is 5.59. The minimum absolute atomic E-state index is 0.304. The van der Waals surface area contributed by atoms with Crippen molar-refractivity contribution >= 4 is 24.8 Å². The number of esters is 1. The lowest BCUT2D eigenvalue weighted by molar-refractivity contribution is -0.137. The van der Waals surface area contributed by atoms with Crippen LogP contribution < -0.4 is 0 Å². The van der Waals surface area contributed by atoms with Crippen molar-refractivity contribution < 1.29 is 18.5 Å². The maximum atomic E-state index is 10.8. The fourth-order valence-electron chi connectivity index (χ4n) is 2.04. The van der Waals surface area contributed by atoms with E-state index in [2.05, 4.69) is 37.2 Å². The van der Waals surface area contributed by atoms with Gasteiger partial charge in [-0.25, -0.2) is 9.59 Å². The van der Waals surface area contributed by atoms with Gasteiger partial charge in [0.2, 0.25) is 0 Å². The summed E-state index contributed by atoms with van der Waals surface area (Å²) in [4.78, 5) is 20.5. The average molecular weight is 359 g/mol. The zero-order chi connectivity index (χ0) is 18.5. The number of carbonyl (C=O) groups is 2. The van der Waals surface area contributed by atoms with Gasteiger partial charge in [-0.2, -0.15) is 0 Å². The topological polar surface area (TPSA) is 52.6 Å². The average Bonchev–Trinajstić information content (AvgIpc) is 2.62. The van der Waals surface area contributed by atoms with Crippen LogP contribution in [0.5, 0.6) is 0 Å². The molecule has 140 valence electrons. The first kappa shape index (κ1) is 25.0. The van der Waals surface area contributed by atoms with E-state index < -0.39 is 5.97 Å². The summed E-state index contributed by atoms with van der Waals surface area (Å²) < 4.78 is 8.75. The van der Waals surface area contributed by atoms with Crippen LogP contribution in [0.25, 0.3) is 0 Å². The van der Waals surface area contributed by atoms with Crippen molar-refractivity contribution in [2.75, 3.05) is 6.61 Å². The van der Waals surface area contributed by atoms with Crippen molar-refractivity contribution in [3.8, 4) is 0 Å². The van der Waals surface area contributed by atoms with E-state index in [0.29, 0.717) is 6.61 Å². The zero-order valence-electron chi connectivity index (χ0n) is 15.1. The third-order valence-corrected chi connectivity index (χ3v) is 3.60. The van der Waals surface area contributed by atoms with Gasteiger partial charge in [-0.3, -0.25) is 0 Å². The van der Waals surface area contributed by atoms with E-state index in [9.17, 15) is 9.59 Å². The highest BCUT2D eigenvalue weighted by molar-refractivity contribution is 7.75. The van der Waals surface area contributed by atoms with Crippen LogP contribution in [0.3, 0.4) is 0 Å². The number of thiol groups is 1. The first-order chi connectivity index (χ1) is 11.6. The third kappa shape index (κ3) is 23.0. The Hall–Kier alpha value is -1.23. The van der Waals surface area contributed by atoms with E-state index in [0.717, 1.165) is 12.5 Å². The molecule has 0 aromatic rings. The van der Waals surface area contributed by atoms with Gasteiger partial charge in [-0.15, -0.1) is 0 Å². The second kappa shape index (κ2) is 21.8. The normalized spacial score (nSPS) is 9.42. The highest BCUT2D eigenvalue weighted by Crippen LogP contribution is 2.11. The number of rotatable bonds is 14. The summed E-state index contributed by atoms with van der Waals surface area (Å²) in [6, 6.07) is 0. The molecule has 0 aliphatic carbocycles. The summed E-state index contributed by atoms with van der Waals surface area (Å²) in [6.45, 7) is 9.27. The van der Waals surface area contributed by atoms with E-state index in [-0.39, 0.29) is 5.97 Å². The molecule has 0 aromatic heterocycles. The largest absolute Gasteiger partial charge is 0.463 e. The molecule has 0 N–H and O–H groups in total. The first-order valence-corrected chi connectivity index (χ1v) is 9.25. The lowest BCUT2D eigenvalue weighted by Crippen LogP contribution is -2.01. The molecule has 0 rings (SSSR count). The van der Waals surface area contributed by atoms with E-state index in [4.69, 9.17) is 4.74 Å². The molecule has 4 nitrogen and oxygen atoms in total. The Labute approximate surface area is 153 Å². The van der Waals surface area contributed by atoms with Crippen LogP contribution in [-0.4, -0.2) is 18.5 Å². The molecule has 0 radical (unpaired) electrons. The van der Waals surface area contributed by atoms with Crippen LogP contribution in [0, 0.1) is 0 Å². The molecule has 0 saturated carbocycles. The summed E-state index contributed by atoms with van der Waals surface area (Å²) in [5.41, 5.74) is 0. The Kier molecular flexibility index (Phi) is 22.7. The van der Waals surface area contributed by atoms with Gasteiger partial charge in [-0.1, -0.05) is 84.3 Å². The lowest BCUT2D eigenvalue weighted by Gasteiger charge is -2.03. The molecule has 0 atom stereocenters. The van der Waals surface area contributed by atoms with Crippen molar-refractivity contribution in [1.82, 2.24) is 0 Å². The Morgan fingerprint density at radius 3 is 1.54 bits per heavy atom. The summed E-state index contributed by atoms with van der Waals surface area (Å²) in [5.74, 6) is -0.833. The number of hydrogen-bond donors (Lipinski definition) is 1. The molecule has 24 heavy (non-hydrogen) atoms. The first-order valence-electron chi connectivity index (χ1n) is 8.89. The lowest BCUT2D eigenvalue weighted by atomic mass is 10.1. The van der Waals surface area contributed by atoms with E-state index >= 15 is 0 Å². The number of hydrogen-bond acceptors (Lipinski definition) is 5. The molecule has 0 heterocycles. The zero-order valence-corrected chi connectivity index (χ0v) is 16.0. The molecule has 0 bridgehead atoms. The van der Waals surface area contributed by atoms with Gasteiger partial charge in [0.05, 0.1) is 6.61 Å². The van der Waals surface area contributed by atoms with E-state index in [1.54, 1.807) is 0 Å². The molecule has 0 fully saturated rings. The highest BCUT2D eigenvalue weighted by atomic mass is 32.1. The number of ether oxygens (including phenoxy) is 1. The molecule has 0 aromatic carbocycles.